The van der Waals surface area contributed by atoms with Crippen LogP contribution < -0.4 is 0 Å². The second kappa shape index (κ2) is 11.4. The molecule has 2 aromatic carbocycles. The Labute approximate surface area is 195 Å². The van der Waals surface area contributed by atoms with Gasteiger partial charge in [-0.2, -0.15) is 0 Å². The number of aromatic nitrogens is 1. The maximum Gasteiger partial charge on any atom is 0.0713 e. The Morgan fingerprint density at radius 3 is 2.06 bits per heavy atom. The van der Waals surface area contributed by atoms with E-state index in [2.05, 4.69) is 101 Å². The Hall–Kier alpha value is -2.45. The van der Waals surface area contributed by atoms with Crippen LogP contribution >= 0.6 is 0 Å². The first kappa shape index (κ1) is 24.2. The van der Waals surface area contributed by atoms with Crippen LogP contribution in [0.2, 0.25) is 0 Å². The molecule has 2 heteroatoms. The summed E-state index contributed by atoms with van der Waals surface area (Å²) in [5, 5.41) is 0. The van der Waals surface area contributed by atoms with Crippen molar-refractivity contribution in [1.29, 1.82) is 0 Å². The molecule has 0 aliphatic heterocycles. The molecule has 2 nitrogen and oxygen atoms in total. The largest absolute Gasteiger partial charge is 0.295 e. The number of benzene rings is 2. The molecule has 0 saturated heterocycles. The van der Waals surface area contributed by atoms with Gasteiger partial charge in [0.1, 0.15) is 0 Å². The van der Waals surface area contributed by atoms with E-state index in [0.29, 0.717) is 5.92 Å². The van der Waals surface area contributed by atoms with Crippen LogP contribution in [0.1, 0.15) is 67.6 Å². The van der Waals surface area contributed by atoms with E-state index >= 15 is 0 Å². The van der Waals surface area contributed by atoms with Gasteiger partial charge >= 0.3 is 0 Å². The summed E-state index contributed by atoms with van der Waals surface area (Å²) >= 11 is 0. The Morgan fingerprint density at radius 1 is 0.844 bits per heavy atom. The summed E-state index contributed by atoms with van der Waals surface area (Å²) in [6.45, 7) is 16.6. The summed E-state index contributed by atoms with van der Waals surface area (Å²) < 4.78 is 0. The van der Waals surface area contributed by atoms with Crippen LogP contribution in [0.5, 0.6) is 0 Å². The van der Waals surface area contributed by atoms with E-state index in [9.17, 15) is 0 Å². The van der Waals surface area contributed by atoms with Gasteiger partial charge in [0.05, 0.1) is 5.69 Å². The molecular formula is C30H40N2. The van der Waals surface area contributed by atoms with Crippen LogP contribution in [-0.2, 0) is 25.9 Å². The second-order valence-electron chi connectivity index (χ2n) is 9.43. The third-order valence-electron chi connectivity index (χ3n) is 6.46. The topological polar surface area (TPSA) is 16.1 Å². The Morgan fingerprint density at radius 2 is 1.50 bits per heavy atom. The molecule has 0 atom stereocenters. The van der Waals surface area contributed by atoms with Crippen molar-refractivity contribution in [2.75, 3.05) is 6.54 Å². The number of nitrogens with zero attached hydrogens (tertiary/aromatic N) is 2. The number of aryl methyl sites for hydroxylation is 4. The Balaban J connectivity index is 1.92. The molecule has 0 aliphatic rings. The lowest BCUT2D eigenvalue weighted by atomic mass is 9.93. The monoisotopic (exact) mass is 428 g/mol. The zero-order valence-electron chi connectivity index (χ0n) is 20.9. The van der Waals surface area contributed by atoms with Gasteiger partial charge in [-0.3, -0.25) is 9.88 Å². The average molecular weight is 429 g/mol. The quantitative estimate of drug-likeness (QED) is 0.331. The zero-order valence-corrected chi connectivity index (χ0v) is 20.9. The molecule has 1 heterocycles. The molecule has 0 bridgehead atoms. The van der Waals surface area contributed by atoms with Gasteiger partial charge in [-0.15, -0.1) is 0 Å². The van der Waals surface area contributed by atoms with Gasteiger partial charge in [-0.05, 0) is 79.5 Å². The van der Waals surface area contributed by atoms with Gasteiger partial charge in [-0.1, -0.05) is 76.2 Å². The summed E-state index contributed by atoms with van der Waals surface area (Å²) in [7, 11) is 0. The molecule has 0 saturated carbocycles. The molecule has 0 unspecified atom stereocenters. The van der Waals surface area contributed by atoms with Crippen LogP contribution in [0.4, 0.5) is 0 Å². The number of pyridine rings is 1. The first-order valence-corrected chi connectivity index (χ1v) is 12.3. The molecule has 0 aliphatic carbocycles. The fourth-order valence-corrected chi connectivity index (χ4v) is 4.52. The molecule has 0 N–H and O–H groups in total. The van der Waals surface area contributed by atoms with Crippen LogP contribution in [0.15, 0.2) is 54.6 Å². The van der Waals surface area contributed by atoms with Gasteiger partial charge in [-0.25, -0.2) is 0 Å². The third-order valence-corrected chi connectivity index (χ3v) is 6.46. The van der Waals surface area contributed by atoms with Gasteiger partial charge in [0, 0.05) is 24.3 Å². The molecule has 0 fully saturated rings. The van der Waals surface area contributed by atoms with Crippen LogP contribution in [0.25, 0.3) is 11.3 Å². The normalized spacial score (nSPS) is 11.5. The van der Waals surface area contributed by atoms with E-state index in [0.717, 1.165) is 43.9 Å². The van der Waals surface area contributed by atoms with E-state index < -0.39 is 0 Å². The fourth-order valence-electron chi connectivity index (χ4n) is 4.52. The minimum absolute atomic E-state index is 0.703. The Bertz CT molecular complexity index is 959. The first-order chi connectivity index (χ1) is 15.4. The van der Waals surface area contributed by atoms with E-state index in [-0.39, 0.29) is 0 Å². The Kier molecular flexibility index (Phi) is 8.64. The van der Waals surface area contributed by atoms with Crippen LogP contribution in [0, 0.1) is 19.8 Å². The molecule has 1 aromatic heterocycles. The molecule has 3 aromatic rings. The van der Waals surface area contributed by atoms with Crippen molar-refractivity contribution in [1.82, 2.24) is 9.88 Å². The van der Waals surface area contributed by atoms with Crippen molar-refractivity contribution >= 4 is 0 Å². The highest BCUT2D eigenvalue weighted by Crippen LogP contribution is 2.30. The molecular weight excluding hydrogens is 388 g/mol. The minimum atomic E-state index is 0.703. The smallest absolute Gasteiger partial charge is 0.0713 e. The van der Waals surface area contributed by atoms with Crippen molar-refractivity contribution in [3.05, 3.63) is 88.1 Å². The predicted octanol–water partition coefficient (Wildman–Crippen LogP) is 7.54. The highest BCUT2D eigenvalue weighted by molar-refractivity contribution is 5.69. The van der Waals surface area contributed by atoms with E-state index in [4.69, 9.17) is 4.98 Å². The van der Waals surface area contributed by atoms with Gasteiger partial charge in [0.25, 0.3) is 0 Å². The number of hydrogen-bond donors (Lipinski definition) is 0. The standard InChI is InChI=1S/C30H40N2/c1-7-26-15-12-16-27(8-2)30(26)29-19-23(5)28(24(6)31-29)21-32(18-17-22(3)4)20-25-13-10-9-11-14-25/h9-16,19,22H,7-8,17-18,20-21H2,1-6H3. The van der Waals surface area contributed by atoms with E-state index in [1.165, 1.54) is 39.8 Å². The summed E-state index contributed by atoms with van der Waals surface area (Å²) in [5.41, 5.74) is 10.5. The fraction of sp³-hybridized carbons (Fsp3) is 0.433. The molecule has 32 heavy (non-hydrogen) atoms. The molecule has 0 radical (unpaired) electrons. The summed E-state index contributed by atoms with van der Waals surface area (Å²) in [5.74, 6) is 0.703. The van der Waals surface area contributed by atoms with Crippen molar-refractivity contribution in [3.8, 4) is 11.3 Å². The maximum absolute atomic E-state index is 5.15. The van der Waals surface area contributed by atoms with Crippen molar-refractivity contribution in [2.45, 2.75) is 73.9 Å². The predicted molar refractivity (Wildman–Crippen MR) is 138 cm³/mol. The molecule has 170 valence electrons. The second-order valence-corrected chi connectivity index (χ2v) is 9.43. The summed E-state index contributed by atoms with van der Waals surface area (Å²) in [6.07, 6.45) is 3.27. The van der Waals surface area contributed by atoms with Gasteiger partial charge in [0.2, 0.25) is 0 Å². The zero-order chi connectivity index (χ0) is 23.1. The summed E-state index contributed by atoms with van der Waals surface area (Å²) in [4.78, 5) is 7.74. The highest BCUT2D eigenvalue weighted by atomic mass is 15.1. The first-order valence-electron chi connectivity index (χ1n) is 12.3. The van der Waals surface area contributed by atoms with Crippen LogP contribution in [0.3, 0.4) is 0 Å². The third kappa shape index (κ3) is 6.07. The average Bonchev–Trinajstić information content (AvgIpc) is 2.79. The SMILES string of the molecule is CCc1cccc(CC)c1-c1cc(C)c(CN(CCC(C)C)Cc2ccccc2)c(C)n1. The number of hydrogen-bond acceptors (Lipinski definition) is 2. The molecule has 3 rings (SSSR count). The van der Waals surface area contributed by atoms with Crippen molar-refractivity contribution < 1.29 is 0 Å². The number of rotatable bonds is 10. The molecule has 0 spiro atoms. The van der Waals surface area contributed by atoms with Gasteiger partial charge in [0.15, 0.2) is 0 Å². The molecule has 0 amide bonds. The van der Waals surface area contributed by atoms with E-state index in [1.54, 1.807) is 0 Å². The van der Waals surface area contributed by atoms with Crippen molar-refractivity contribution in [2.24, 2.45) is 5.92 Å². The highest BCUT2D eigenvalue weighted by Gasteiger charge is 2.16. The lowest BCUT2D eigenvalue weighted by Gasteiger charge is -2.25. The maximum atomic E-state index is 5.15. The van der Waals surface area contributed by atoms with Crippen molar-refractivity contribution in [3.63, 3.8) is 0 Å². The summed E-state index contributed by atoms with van der Waals surface area (Å²) in [6, 6.07) is 19.8. The lowest BCUT2D eigenvalue weighted by molar-refractivity contribution is 0.240. The van der Waals surface area contributed by atoms with Gasteiger partial charge < -0.3 is 0 Å². The van der Waals surface area contributed by atoms with E-state index in [1.807, 2.05) is 0 Å². The minimum Gasteiger partial charge on any atom is -0.295 e. The van der Waals surface area contributed by atoms with Crippen LogP contribution in [-0.4, -0.2) is 16.4 Å². The lowest BCUT2D eigenvalue weighted by Crippen LogP contribution is -2.26.